The minimum Gasteiger partial charge on any atom is -0.426 e. The van der Waals surface area contributed by atoms with Gasteiger partial charge >= 0.3 is 5.97 Å². The maximum atomic E-state index is 11.9. The van der Waals surface area contributed by atoms with E-state index in [1.54, 1.807) is 0 Å². The number of nitrogens with zero attached hydrogens (tertiary/aromatic N) is 4. The lowest BCUT2D eigenvalue weighted by Crippen LogP contribution is -2.41. The van der Waals surface area contributed by atoms with E-state index in [1.807, 2.05) is 23.5 Å². The first kappa shape index (κ1) is 20.4. The molecule has 0 amide bonds. The van der Waals surface area contributed by atoms with Crippen molar-refractivity contribution >= 4 is 17.3 Å². The van der Waals surface area contributed by atoms with E-state index in [1.165, 1.54) is 10.4 Å². The van der Waals surface area contributed by atoms with E-state index in [0.29, 0.717) is 11.8 Å². The summed E-state index contributed by atoms with van der Waals surface area (Å²) in [5.41, 5.74) is 10.8. The fourth-order valence-electron chi connectivity index (χ4n) is 3.86. The Hall–Kier alpha value is -2.34. The molecule has 0 spiro atoms. The molecule has 1 aliphatic carbocycles. The molecule has 148 valence electrons. The molecule has 0 aliphatic heterocycles. The van der Waals surface area contributed by atoms with Crippen LogP contribution in [0.4, 0.5) is 0 Å². The number of esters is 1. The number of benzene rings is 1. The normalized spacial score (nSPS) is 15.7. The van der Waals surface area contributed by atoms with E-state index in [-0.39, 0.29) is 6.54 Å². The van der Waals surface area contributed by atoms with Gasteiger partial charge < -0.3 is 4.74 Å². The zero-order valence-electron chi connectivity index (χ0n) is 16.2. The third-order valence-corrected chi connectivity index (χ3v) is 6.09. The standard InChI is InChI=1S/C21H26N4O2S/c1-2-11-25(12-10-18-6-4-13-28-18)17-9-8-16-5-3-7-20(19(16)14-17)27-21(26)15-23-24-22/h3-7,13,17H,2,8-12,14-15H2,1H3. The summed E-state index contributed by atoms with van der Waals surface area (Å²) in [4.78, 5) is 18.5. The first-order valence-electron chi connectivity index (χ1n) is 9.80. The third-order valence-electron chi connectivity index (χ3n) is 5.16. The van der Waals surface area contributed by atoms with Crippen molar-refractivity contribution in [1.82, 2.24) is 4.90 Å². The van der Waals surface area contributed by atoms with Gasteiger partial charge in [0, 0.05) is 22.4 Å². The number of carbonyl (C=O) groups excluding carboxylic acids is 1. The van der Waals surface area contributed by atoms with Gasteiger partial charge in [-0.2, -0.15) is 0 Å². The number of rotatable bonds is 9. The van der Waals surface area contributed by atoms with Crippen molar-refractivity contribution in [3.05, 3.63) is 62.2 Å². The highest BCUT2D eigenvalue weighted by molar-refractivity contribution is 7.09. The first-order chi connectivity index (χ1) is 13.7. The van der Waals surface area contributed by atoms with E-state index in [0.717, 1.165) is 50.8 Å². The van der Waals surface area contributed by atoms with Crippen LogP contribution in [-0.4, -0.2) is 36.5 Å². The second-order valence-corrected chi connectivity index (χ2v) is 8.05. The van der Waals surface area contributed by atoms with Gasteiger partial charge in [0.1, 0.15) is 12.3 Å². The summed E-state index contributed by atoms with van der Waals surface area (Å²) in [5, 5.41) is 5.43. The van der Waals surface area contributed by atoms with Crippen molar-refractivity contribution in [3.63, 3.8) is 0 Å². The van der Waals surface area contributed by atoms with Crippen LogP contribution in [0.1, 0.15) is 35.8 Å². The van der Waals surface area contributed by atoms with Crippen LogP contribution >= 0.6 is 11.3 Å². The van der Waals surface area contributed by atoms with Gasteiger partial charge in [-0.1, -0.05) is 30.2 Å². The second kappa shape index (κ2) is 10.3. The molecule has 7 heteroatoms. The van der Waals surface area contributed by atoms with Crippen LogP contribution < -0.4 is 4.74 Å². The molecule has 0 saturated carbocycles. The fraction of sp³-hybridized carbons (Fsp3) is 0.476. The lowest BCUT2D eigenvalue weighted by molar-refractivity contribution is -0.132. The maximum Gasteiger partial charge on any atom is 0.317 e. The van der Waals surface area contributed by atoms with Crippen LogP contribution in [0.15, 0.2) is 40.8 Å². The summed E-state index contributed by atoms with van der Waals surface area (Å²) in [7, 11) is 0. The number of ether oxygens (including phenoxy) is 1. The second-order valence-electron chi connectivity index (χ2n) is 7.02. The molecule has 1 aromatic carbocycles. The summed E-state index contributed by atoms with van der Waals surface area (Å²) in [6.45, 7) is 4.06. The Bertz CT molecular complexity index is 831. The highest BCUT2D eigenvalue weighted by atomic mass is 32.1. The number of fused-ring (bicyclic) bond motifs is 1. The summed E-state index contributed by atoms with van der Waals surface area (Å²) in [6.07, 6.45) is 5.18. The molecule has 1 aromatic heterocycles. The van der Waals surface area contributed by atoms with Crippen LogP contribution in [0.25, 0.3) is 10.4 Å². The minimum atomic E-state index is -0.517. The van der Waals surface area contributed by atoms with Crippen LogP contribution in [0.2, 0.25) is 0 Å². The number of carbonyl (C=O) groups is 1. The average Bonchev–Trinajstić information content (AvgIpc) is 3.23. The van der Waals surface area contributed by atoms with Crippen LogP contribution in [-0.2, 0) is 24.1 Å². The van der Waals surface area contributed by atoms with E-state index in [2.05, 4.69) is 45.4 Å². The smallest absolute Gasteiger partial charge is 0.317 e. The predicted octanol–water partition coefficient (Wildman–Crippen LogP) is 4.78. The zero-order chi connectivity index (χ0) is 19.8. The quantitative estimate of drug-likeness (QED) is 0.201. The molecule has 2 aromatic rings. The van der Waals surface area contributed by atoms with E-state index >= 15 is 0 Å². The number of azide groups is 1. The van der Waals surface area contributed by atoms with Gasteiger partial charge in [0.2, 0.25) is 0 Å². The fourth-order valence-corrected chi connectivity index (χ4v) is 4.56. The molecule has 6 nitrogen and oxygen atoms in total. The number of thiophene rings is 1. The molecule has 0 saturated heterocycles. The van der Waals surface area contributed by atoms with E-state index in [9.17, 15) is 4.79 Å². The largest absolute Gasteiger partial charge is 0.426 e. The lowest BCUT2D eigenvalue weighted by atomic mass is 9.86. The molecular weight excluding hydrogens is 372 g/mol. The summed E-state index contributed by atoms with van der Waals surface area (Å²) in [6, 6.07) is 10.6. The molecule has 1 atom stereocenters. The van der Waals surface area contributed by atoms with Gasteiger partial charge in [-0.25, -0.2) is 0 Å². The Morgan fingerprint density at radius 3 is 3.00 bits per heavy atom. The number of aryl methyl sites for hydroxylation is 1. The Labute approximate surface area is 169 Å². The minimum absolute atomic E-state index is 0.285. The molecule has 1 unspecified atom stereocenters. The molecule has 0 N–H and O–H groups in total. The van der Waals surface area contributed by atoms with Gasteiger partial charge in [0.05, 0.1) is 0 Å². The van der Waals surface area contributed by atoms with Crippen LogP contribution in [0.5, 0.6) is 5.75 Å². The molecular formula is C21H26N4O2S. The maximum absolute atomic E-state index is 11.9. The Morgan fingerprint density at radius 2 is 2.25 bits per heavy atom. The van der Waals surface area contributed by atoms with Crippen molar-refractivity contribution in [2.75, 3.05) is 19.6 Å². The topological polar surface area (TPSA) is 78.3 Å². The molecule has 1 aliphatic rings. The first-order valence-corrected chi connectivity index (χ1v) is 10.7. The summed E-state index contributed by atoms with van der Waals surface area (Å²) in [5.74, 6) is 0.0893. The van der Waals surface area contributed by atoms with Gasteiger partial charge in [-0.05, 0) is 72.8 Å². The van der Waals surface area contributed by atoms with Gasteiger partial charge in [-0.15, -0.1) is 11.3 Å². The highest BCUT2D eigenvalue weighted by Crippen LogP contribution is 2.32. The van der Waals surface area contributed by atoms with Crippen LogP contribution in [0, 0.1) is 0 Å². The van der Waals surface area contributed by atoms with Crippen LogP contribution in [0.3, 0.4) is 0 Å². The summed E-state index contributed by atoms with van der Waals surface area (Å²) >= 11 is 1.82. The van der Waals surface area contributed by atoms with Gasteiger partial charge in [0.25, 0.3) is 0 Å². The Kier molecular flexibility index (Phi) is 7.48. The molecule has 0 radical (unpaired) electrons. The monoisotopic (exact) mass is 398 g/mol. The number of hydrogen-bond donors (Lipinski definition) is 0. The molecule has 0 bridgehead atoms. The Morgan fingerprint density at radius 1 is 1.36 bits per heavy atom. The number of hydrogen-bond acceptors (Lipinski definition) is 5. The SMILES string of the molecule is CCCN(CCc1cccs1)C1CCc2cccc(OC(=O)CN=[N+]=[N-])c2C1. The van der Waals surface area contributed by atoms with Crippen molar-refractivity contribution in [3.8, 4) is 5.75 Å². The highest BCUT2D eigenvalue weighted by Gasteiger charge is 2.26. The van der Waals surface area contributed by atoms with Crippen molar-refractivity contribution < 1.29 is 9.53 Å². The molecule has 1 heterocycles. The lowest BCUT2D eigenvalue weighted by Gasteiger charge is -2.35. The van der Waals surface area contributed by atoms with Gasteiger partial charge in [-0.3, -0.25) is 9.69 Å². The third kappa shape index (κ3) is 5.35. The van der Waals surface area contributed by atoms with Crippen molar-refractivity contribution in [2.45, 2.75) is 45.1 Å². The van der Waals surface area contributed by atoms with Crippen molar-refractivity contribution in [2.24, 2.45) is 5.11 Å². The molecule has 3 rings (SSSR count). The van der Waals surface area contributed by atoms with Gasteiger partial charge in [0.15, 0.2) is 0 Å². The molecule has 0 fully saturated rings. The molecule has 28 heavy (non-hydrogen) atoms. The Balaban J connectivity index is 1.71. The summed E-state index contributed by atoms with van der Waals surface area (Å²) < 4.78 is 5.50. The van der Waals surface area contributed by atoms with E-state index in [4.69, 9.17) is 10.3 Å². The van der Waals surface area contributed by atoms with Crippen molar-refractivity contribution in [1.29, 1.82) is 0 Å². The predicted molar refractivity (Wildman–Crippen MR) is 112 cm³/mol. The zero-order valence-corrected chi connectivity index (χ0v) is 17.0. The average molecular weight is 399 g/mol. The van der Waals surface area contributed by atoms with E-state index < -0.39 is 5.97 Å².